The van der Waals surface area contributed by atoms with Gasteiger partial charge in [-0.3, -0.25) is 9.69 Å². The Morgan fingerprint density at radius 2 is 2.11 bits per heavy atom. The maximum absolute atomic E-state index is 12.0. The van der Waals surface area contributed by atoms with E-state index in [1.165, 1.54) is 18.2 Å². The minimum Gasteiger partial charge on any atom is -0.508 e. The highest BCUT2D eigenvalue weighted by molar-refractivity contribution is 6.00. The Morgan fingerprint density at radius 1 is 1.39 bits per heavy atom. The van der Waals surface area contributed by atoms with E-state index < -0.39 is 0 Å². The first-order valence-corrected chi connectivity index (χ1v) is 5.85. The highest BCUT2D eigenvalue weighted by Crippen LogP contribution is 2.23. The number of carbonyl (C=O) groups is 1. The summed E-state index contributed by atoms with van der Waals surface area (Å²) >= 11 is 0. The van der Waals surface area contributed by atoms with Crippen LogP contribution < -0.4 is 0 Å². The van der Waals surface area contributed by atoms with E-state index in [0.717, 1.165) is 6.54 Å². The third-order valence-corrected chi connectivity index (χ3v) is 2.71. The van der Waals surface area contributed by atoms with Crippen LogP contribution in [0.4, 0.5) is 0 Å². The van der Waals surface area contributed by atoms with Crippen LogP contribution in [-0.4, -0.2) is 54.2 Å². The summed E-state index contributed by atoms with van der Waals surface area (Å²) in [4.78, 5) is 13.9. The SMILES string of the molecule is CCN(CCOC)CC(=O)c1ccc(O)cc1O. The van der Waals surface area contributed by atoms with E-state index in [1.807, 2.05) is 11.8 Å². The van der Waals surface area contributed by atoms with Crippen LogP contribution >= 0.6 is 0 Å². The minimum atomic E-state index is -0.192. The van der Waals surface area contributed by atoms with Gasteiger partial charge < -0.3 is 14.9 Å². The topological polar surface area (TPSA) is 70.0 Å². The summed E-state index contributed by atoms with van der Waals surface area (Å²) in [6.07, 6.45) is 0. The molecular formula is C13H19NO4. The highest BCUT2D eigenvalue weighted by Gasteiger charge is 2.14. The lowest BCUT2D eigenvalue weighted by Crippen LogP contribution is -2.32. The molecule has 0 unspecified atom stereocenters. The summed E-state index contributed by atoms with van der Waals surface area (Å²) in [6, 6.07) is 3.98. The highest BCUT2D eigenvalue weighted by atomic mass is 16.5. The van der Waals surface area contributed by atoms with E-state index in [-0.39, 0.29) is 29.4 Å². The van der Waals surface area contributed by atoms with Crippen molar-refractivity contribution in [2.24, 2.45) is 0 Å². The molecular weight excluding hydrogens is 234 g/mol. The van der Waals surface area contributed by atoms with Crippen LogP contribution in [0.3, 0.4) is 0 Å². The average Bonchev–Trinajstić information content (AvgIpc) is 2.34. The van der Waals surface area contributed by atoms with Crippen LogP contribution in [0.5, 0.6) is 11.5 Å². The van der Waals surface area contributed by atoms with Crippen molar-refractivity contribution in [1.29, 1.82) is 0 Å². The molecule has 0 aliphatic heterocycles. The van der Waals surface area contributed by atoms with Crippen LogP contribution in [0.25, 0.3) is 0 Å². The fourth-order valence-electron chi connectivity index (χ4n) is 1.61. The Morgan fingerprint density at radius 3 is 2.67 bits per heavy atom. The third-order valence-electron chi connectivity index (χ3n) is 2.71. The second-order valence-electron chi connectivity index (χ2n) is 3.99. The maximum Gasteiger partial charge on any atom is 0.180 e. The van der Waals surface area contributed by atoms with Crippen molar-refractivity contribution in [3.8, 4) is 11.5 Å². The van der Waals surface area contributed by atoms with Gasteiger partial charge in [0.25, 0.3) is 0 Å². The largest absolute Gasteiger partial charge is 0.508 e. The molecule has 0 radical (unpaired) electrons. The van der Waals surface area contributed by atoms with Crippen molar-refractivity contribution in [3.05, 3.63) is 23.8 Å². The lowest BCUT2D eigenvalue weighted by molar-refractivity contribution is 0.0899. The van der Waals surface area contributed by atoms with E-state index in [0.29, 0.717) is 13.2 Å². The van der Waals surface area contributed by atoms with Crippen LogP contribution in [0.15, 0.2) is 18.2 Å². The predicted molar refractivity (Wildman–Crippen MR) is 68.1 cm³/mol. The molecule has 0 heterocycles. The van der Waals surface area contributed by atoms with Crippen molar-refractivity contribution in [2.45, 2.75) is 6.92 Å². The number of rotatable bonds is 7. The monoisotopic (exact) mass is 253 g/mol. The number of ketones is 1. The number of aromatic hydroxyl groups is 2. The van der Waals surface area contributed by atoms with Gasteiger partial charge in [-0.2, -0.15) is 0 Å². The van der Waals surface area contributed by atoms with Gasteiger partial charge in [0.15, 0.2) is 5.78 Å². The summed E-state index contributed by atoms with van der Waals surface area (Å²) in [5.74, 6) is -0.427. The smallest absolute Gasteiger partial charge is 0.180 e. The molecule has 1 rings (SSSR count). The van der Waals surface area contributed by atoms with Crippen molar-refractivity contribution in [1.82, 2.24) is 4.90 Å². The molecule has 0 bridgehead atoms. The Balaban J connectivity index is 2.68. The van der Waals surface area contributed by atoms with Crippen molar-refractivity contribution in [2.75, 3.05) is 33.4 Å². The second kappa shape index (κ2) is 6.98. The first-order chi connectivity index (χ1) is 8.58. The number of nitrogens with zero attached hydrogens (tertiary/aromatic N) is 1. The number of carbonyl (C=O) groups excluding carboxylic acids is 1. The zero-order valence-corrected chi connectivity index (χ0v) is 10.7. The number of likely N-dealkylation sites (N-methyl/N-ethyl adjacent to an activating group) is 1. The van der Waals surface area contributed by atoms with E-state index >= 15 is 0 Å². The van der Waals surface area contributed by atoms with Crippen molar-refractivity contribution >= 4 is 5.78 Å². The first kappa shape index (κ1) is 14.5. The summed E-state index contributed by atoms with van der Waals surface area (Å²) in [6.45, 7) is 4.13. The molecule has 0 aliphatic rings. The first-order valence-electron chi connectivity index (χ1n) is 5.85. The molecule has 0 saturated carbocycles. The number of benzene rings is 1. The fraction of sp³-hybridized carbons (Fsp3) is 0.462. The Bertz CT molecular complexity index is 406. The third kappa shape index (κ3) is 4.01. The van der Waals surface area contributed by atoms with Gasteiger partial charge in [-0.15, -0.1) is 0 Å². The van der Waals surface area contributed by atoms with Gasteiger partial charge >= 0.3 is 0 Å². The van der Waals surface area contributed by atoms with E-state index in [1.54, 1.807) is 7.11 Å². The lowest BCUT2D eigenvalue weighted by Gasteiger charge is -2.19. The molecule has 18 heavy (non-hydrogen) atoms. The normalized spacial score (nSPS) is 10.8. The summed E-state index contributed by atoms with van der Waals surface area (Å²) in [7, 11) is 1.61. The molecule has 5 nitrogen and oxygen atoms in total. The lowest BCUT2D eigenvalue weighted by atomic mass is 10.1. The molecule has 0 aliphatic carbocycles. The molecule has 0 saturated heterocycles. The van der Waals surface area contributed by atoms with Gasteiger partial charge in [0.2, 0.25) is 0 Å². The van der Waals surface area contributed by atoms with Gasteiger partial charge in [0, 0.05) is 19.7 Å². The number of hydrogen-bond acceptors (Lipinski definition) is 5. The molecule has 100 valence electrons. The molecule has 0 aromatic heterocycles. The average molecular weight is 253 g/mol. The molecule has 0 spiro atoms. The Kier molecular flexibility index (Phi) is 5.61. The Labute approximate surface area is 107 Å². The van der Waals surface area contributed by atoms with E-state index in [4.69, 9.17) is 9.84 Å². The molecule has 1 aromatic carbocycles. The van der Waals surface area contributed by atoms with Crippen LogP contribution in [0, 0.1) is 0 Å². The number of phenolic OH excluding ortho intramolecular Hbond substituents is 2. The van der Waals surface area contributed by atoms with Gasteiger partial charge in [-0.25, -0.2) is 0 Å². The number of phenols is 2. The number of methoxy groups -OCH3 is 1. The number of hydrogen-bond donors (Lipinski definition) is 2. The van der Waals surface area contributed by atoms with Gasteiger partial charge in [-0.1, -0.05) is 6.92 Å². The van der Waals surface area contributed by atoms with E-state index in [9.17, 15) is 9.90 Å². The predicted octanol–water partition coefficient (Wildman–Crippen LogP) is 1.25. The minimum absolute atomic E-state index is 0.0595. The molecule has 0 atom stereocenters. The second-order valence-corrected chi connectivity index (χ2v) is 3.99. The van der Waals surface area contributed by atoms with Gasteiger partial charge in [0.05, 0.1) is 18.7 Å². The summed E-state index contributed by atoms with van der Waals surface area (Å²) in [5.41, 5.74) is 0.226. The summed E-state index contributed by atoms with van der Waals surface area (Å²) < 4.78 is 4.97. The molecule has 0 fully saturated rings. The van der Waals surface area contributed by atoms with Crippen LogP contribution in [0.2, 0.25) is 0 Å². The van der Waals surface area contributed by atoms with Gasteiger partial charge in [0.1, 0.15) is 11.5 Å². The van der Waals surface area contributed by atoms with Crippen LogP contribution in [-0.2, 0) is 4.74 Å². The number of ether oxygens (including phenoxy) is 1. The zero-order chi connectivity index (χ0) is 13.5. The van der Waals surface area contributed by atoms with E-state index in [2.05, 4.69) is 0 Å². The van der Waals surface area contributed by atoms with Crippen molar-refractivity contribution < 1.29 is 19.7 Å². The van der Waals surface area contributed by atoms with Crippen molar-refractivity contribution in [3.63, 3.8) is 0 Å². The zero-order valence-electron chi connectivity index (χ0n) is 10.7. The Hall–Kier alpha value is -1.59. The summed E-state index contributed by atoms with van der Waals surface area (Å²) in [5, 5.41) is 18.8. The van der Waals surface area contributed by atoms with Crippen LogP contribution in [0.1, 0.15) is 17.3 Å². The quantitative estimate of drug-likeness (QED) is 0.716. The molecule has 0 amide bonds. The fourth-order valence-corrected chi connectivity index (χ4v) is 1.61. The molecule has 1 aromatic rings. The number of Topliss-reactive ketones (excluding diaryl/α,β-unsaturated/α-hetero) is 1. The molecule has 2 N–H and O–H groups in total. The molecule has 5 heteroatoms. The standard InChI is InChI=1S/C13H19NO4/c1-3-14(6-7-18-2)9-13(17)11-5-4-10(15)8-12(11)16/h4-5,8,15-16H,3,6-7,9H2,1-2H3. The van der Waals surface area contributed by atoms with Gasteiger partial charge in [-0.05, 0) is 18.7 Å². The maximum atomic E-state index is 12.0.